The highest BCUT2D eigenvalue weighted by atomic mass is 32.2. The molecule has 0 aliphatic carbocycles. The van der Waals surface area contributed by atoms with Gasteiger partial charge in [-0.3, -0.25) is 9.79 Å². The third-order valence-corrected chi connectivity index (χ3v) is 5.91. The van der Waals surface area contributed by atoms with Crippen LogP contribution in [0.4, 0.5) is 0 Å². The van der Waals surface area contributed by atoms with E-state index in [4.69, 9.17) is 4.74 Å². The molecule has 0 radical (unpaired) electrons. The number of aliphatic imine (C=N–C) groups is 1. The van der Waals surface area contributed by atoms with Crippen molar-refractivity contribution in [1.82, 2.24) is 5.32 Å². The Bertz CT molecular complexity index is 891. The van der Waals surface area contributed by atoms with E-state index < -0.39 is 10.7 Å². The summed E-state index contributed by atoms with van der Waals surface area (Å²) in [6.45, 7) is 5.91. The summed E-state index contributed by atoms with van der Waals surface area (Å²) in [5.74, 6) is -0.516. The van der Waals surface area contributed by atoms with Crippen molar-refractivity contribution in [3.63, 3.8) is 0 Å². The van der Waals surface area contributed by atoms with Gasteiger partial charge in [0.1, 0.15) is 4.75 Å². The van der Waals surface area contributed by atoms with Gasteiger partial charge < -0.3 is 10.1 Å². The Morgan fingerprint density at radius 2 is 1.78 bits per heavy atom. The van der Waals surface area contributed by atoms with Crippen LogP contribution < -0.4 is 5.32 Å². The zero-order chi connectivity index (χ0) is 19.6. The first-order valence-electron chi connectivity index (χ1n) is 8.67. The first-order chi connectivity index (χ1) is 12.8. The predicted octanol–water partition coefficient (Wildman–Crippen LogP) is 3.98. The number of thioether (sulfide) groups is 1. The van der Waals surface area contributed by atoms with Crippen LogP contribution in [0, 0.1) is 6.92 Å². The van der Waals surface area contributed by atoms with Crippen molar-refractivity contribution < 1.29 is 14.3 Å². The highest BCUT2D eigenvalue weighted by Crippen LogP contribution is 2.41. The number of methoxy groups -OCH3 is 1. The lowest BCUT2D eigenvalue weighted by molar-refractivity contribution is -0.121. The summed E-state index contributed by atoms with van der Waals surface area (Å²) in [5.41, 5.74) is 3.56. The lowest BCUT2D eigenvalue weighted by Crippen LogP contribution is -2.31. The smallest absolute Gasteiger partial charge is 0.337 e. The number of rotatable bonds is 4. The van der Waals surface area contributed by atoms with E-state index >= 15 is 0 Å². The molecule has 0 aromatic heterocycles. The molecule has 27 heavy (non-hydrogen) atoms. The van der Waals surface area contributed by atoms with Crippen LogP contribution in [0.5, 0.6) is 0 Å². The number of nitrogens with one attached hydrogen (secondary N) is 1. The fourth-order valence-corrected chi connectivity index (χ4v) is 4.01. The predicted molar refractivity (Wildman–Crippen MR) is 108 cm³/mol. The summed E-state index contributed by atoms with van der Waals surface area (Å²) in [4.78, 5) is 28.9. The Hall–Kier alpha value is -2.60. The Balaban J connectivity index is 1.81. The fraction of sp³-hybridized carbons (Fsp3) is 0.286. The summed E-state index contributed by atoms with van der Waals surface area (Å²) in [6, 6.07) is 15.1. The van der Waals surface area contributed by atoms with Gasteiger partial charge in [0.05, 0.1) is 18.7 Å². The second-order valence-corrected chi connectivity index (χ2v) is 8.09. The normalized spacial score (nSPS) is 21.8. The van der Waals surface area contributed by atoms with Crippen LogP contribution in [0.15, 0.2) is 53.5 Å². The molecule has 140 valence electrons. The molecule has 1 unspecified atom stereocenters. The molecular weight excluding hydrogens is 360 g/mol. The minimum atomic E-state index is -0.791. The number of amides is 1. The van der Waals surface area contributed by atoms with Gasteiger partial charge in [0.25, 0.3) is 0 Å². The van der Waals surface area contributed by atoms with Gasteiger partial charge in [0, 0.05) is 0 Å². The molecule has 5 nitrogen and oxygen atoms in total. The van der Waals surface area contributed by atoms with Crippen molar-refractivity contribution in [3.05, 3.63) is 70.8 Å². The molecule has 1 N–H and O–H groups in total. The van der Waals surface area contributed by atoms with E-state index in [1.807, 2.05) is 20.8 Å². The lowest BCUT2D eigenvalue weighted by atomic mass is 9.98. The average molecular weight is 382 g/mol. The van der Waals surface area contributed by atoms with Crippen LogP contribution in [0.3, 0.4) is 0 Å². The van der Waals surface area contributed by atoms with Crippen molar-refractivity contribution >= 4 is 28.8 Å². The monoisotopic (exact) mass is 382 g/mol. The van der Waals surface area contributed by atoms with Gasteiger partial charge in [0.15, 0.2) is 5.17 Å². The molecule has 0 bridgehead atoms. The Morgan fingerprint density at radius 3 is 2.37 bits per heavy atom. The largest absolute Gasteiger partial charge is 0.465 e. The molecular formula is C21H22N2O3S. The van der Waals surface area contributed by atoms with E-state index in [9.17, 15) is 9.59 Å². The molecule has 2 atom stereocenters. The first kappa shape index (κ1) is 19.2. The Morgan fingerprint density at radius 1 is 1.15 bits per heavy atom. The summed E-state index contributed by atoms with van der Waals surface area (Å²) in [7, 11) is 1.34. The minimum Gasteiger partial charge on any atom is -0.465 e. The van der Waals surface area contributed by atoms with E-state index in [0.29, 0.717) is 10.7 Å². The molecule has 1 heterocycles. The van der Waals surface area contributed by atoms with E-state index in [1.165, 1.54) is 24.4 Å². The number of benzene rings is 2. The van der Waals surface area contributed by atoms with Crippen LogP contribution in [0.25, 0.3) is 0 Å². The zero-order valence-corrected chi connectivity index (χ0v) is 16.6. The van der Waals surface area contributed by atoms with E-state index in [1.54, 1.807) is 24.3 Å². The number of ether oxygens (including phenoxy) is 1. The van der Waals surface area contributed by atoms with Gasteiger partial charge in [0.2, 0.25) is 5.91 Å². The van der Waals surface area contributed by atoms with Gasteiger partial charge in [-0.15, -0.1) is 0 Å². The Labute approximate surface area is 163 Å². The van der Waals surface area contributed by atoms with E-state index in [-0.39, 0.29) is 11.9 Å². The van der Waals surface area contributed by atoms with Gasteiger partial charge in [-0.2, -0.15) is 0 Å². The maximum Gasteiger partial charge on any atom is 0.337 e. The molecule has 1 amide bonds. The summed E-state index contributed by atoms with van der Waals surface area (Å²) >= 11 is 1.39. The number of carbonyl (C=O) groups excluding carboxylic acids is 2. The number of amidine groups is 1. The van der Waals surface area contributed by atoms with Crippen molar-refractivity contribution in [2.24, 2.45) is 4.99 Å². The molecule has 2 aromatic carbocycles. The van der Waals surface area contributed by atoms with Crippen molar-refractivity contribution in [1.29, 1.82) is 0 Å². The topological polar surface area (TPSA) is 67.8 Å². The molecule has 0 spiro atoms. The van der Waals surface area contributed by atoms with Gasteiger partial charge in [-0.25, -0.2) is 4.79 Å². The maximum absolute atomic E-state index is 12.6. The SMILES string of the molecule is COC(=O)c1ccc(C2(C)SC(=N[C@@H](C)c3ccc(C)cc3)NC2=O)cc1. The number of carbonyl (C=O) groups is 2. The second-order valence-electron chi connectivity index (χ2n) is 6.68. The number of nitrogens with zero attached hydrogens (tertiary/aromatic N) is 1. The summed E-state index contributed by atoms with van der Waals surface area (Å²) < 4.78 is 3.92. The van der Waals surface area contributed by atoms with Crippen LogP contribution >= 0.6 is 11.8 Å². The standard InChI is InChI=1S/C21H22N2O3S/c1-13-5-7-15(8-6-13)14(2)22-20-23-19(25)21(3,27-20)17-11-9-16(10-12-17)18(24)26-4/h5-12,14H,1-4H3,(H,22,23,25)/t14-,21?/m0/s1. The van der Waals surface area contributed by atoms with Crippen LogP contribution in [0.1, 0.15) is 46.9 Å². The summed E-state index contributed by atoms with van der Waals surface area (Å²) in [5, 5.41) is 3.49. The molecule has 2 aromatic rings. The van der Waals surface area contributed by atoms with Crippen LogP contribution in [-0.4, -0.2) is 24.2 Å². The zero-order valence-electron chi connectivity index (χ0n) is 15.8. The highest BCUT2D eigenvalue weighted by Gasteiger charge is 2.44. The van der Waals surface area contributed by atoms with Gasteiger partial charge >= 0.3 is 5.97 Å². The highest BCUT2D eigenvalue weighted by molar-refractivity contribution is 8.15. The number of aryl methyl sites for hydroxylation is 1. The maximum atomic E-state index is 12.6. The van der Waals surface area contributed by atoms with E-state index in [0.717, 1.165) is 11.1 Å². The molecule has 1 saturated heterocycles. The molecule has 1 fully saturated rings. The van der Waals surface area contributed by atoms with Gasteiger partial charge in [-0.1, -0.05) is 53.7 Å². The number of hydrogen-bond donors (Lipinski definition) is 1. The molecule has 1 aliphatic rings. The third kappa shape index (κ3) is 3.90. The molecule has 0 saturated carbocycles. The quantitative estimate of drug-likeness (QED) is 0.812. The molecule has 6 heteroatoms. The van der Waals surface area contributed by atoms with E-state index in [2.05, 4.69) is 34.6 Å². The number of hydrogen-bond acceptors (Lipinski definition) is 5. The van der Waals surface area contributed by atoms with Crippen LogP contribution in [-0.2, 0) is 14.3 Å². The average Bonchev–Trinajstić information content (AvgIpc) is 2.96. The summed E-state index contributed by atoms with van der Waals surface area (Å²) in [6.07, 6.45) is 0. The van der Waals surface area contributed by atoms with Crippen LogP contribution in [0.2, 0.25) is 0 Å². The minimum absolute atomic E-state index is 0.0579. The Kier molecular flexibility index (Phi) is 5.37. The first-order valence-corrected chi connectivity index (χ1v) is 9.49. The van der Waals surface area contributed by atoms with Gasteiger partial charge in [-0.05, 0) is 44.0 Å². The molecule has 1 aliphatic heterocycles. The lowest BCUT2D eigenvalue weighted by Gasteiger charge is -2.19. The third-order valence-electron chi connectivity index (χ3n) is 4.68. The molecule has 3 rings (SSSR count). The van der Waals surface area contributed by atoms with Crippen molar-refractivity contribution in [2.75, 3.05) is 7.11 Å². The number of esters is 1. The van der Waals surface area contributed by atoms with Crippen molar-refractivity contribution in [2.45, 2.75) is 31.6 Å². The fourth-order valence-electron chi connectivity index (χ4n) is 2.87. The second kappa shape index (κ2) is 7.56. The van der Waals surface area contributed by atoms with Crippen molar-refractivity contribution in [3.8, 4) is 0 Å².